The molecule has 2 heterocycles. The van der Waals surface area contributed by atoms with Crippen LogP contribution in [0.3, 0.4) is 0 Å². The lowest BCUT2D eigenvalue weighted by molar-refractivity contribution is 0.0446. The van der Waals surface area contributed by atoms with Crippen LogP contribution in [0.25, 0.3) is 0 Å². The topological polar surface area (TPSA) is 3.24 Å². The van der Waals surface area contributed by atoms with Gasteiger partial charge in [-0.15, -0.1) is 0 Å². The van der Waals surface area contributed by atoms with Gasteiger partial charge < -0.3 is 0 Å². The Morgan fingerprint density at radius 3 is 2.17 bits per heavy atom. The van der Waals surface area contributed by atoms with Crippen molar-refractivity contribution in [3.8, 4) is 0 Å². The Labute approximate surface area is 71.7 Å². The van der Waals surface area contributed by atoms with E-state index in [-0.39, 0.29) is 6.54 Å². The summed E-state index contributed by atoms with van der Waals surface area (Å²) in [7, 11) is 0. The van der Waals surface area contributed by atoms with E-state index in [1.807, 2.05) is 4.90 Å². The zero-order valence-corrected chi connectivity index (χ0v) is 7.18. The molecule has 2 unspecified atom stereocenters. The van der Waals surface area contributed by atoms with Gasteiger partial charge in [0.15, 0.2) is 0 Å². The largest absolute Gasteiger partial charge is 0.292 e. The normalized spacial score (nSPS) is 36.2. The monoisotopic (exact) mass is 175 g/mol. The summed E-state index contributed by atoms with van der Waals surface area (Å²) >= 11 is 0. The quantitative estimate of drug-likeness (QED) is 0.622. The molecular weight excluding hydrogens is 160 g/mol. The third kappa shape index (κ3) is 1.47. The molecule has 2 saturated heterocycles. The van der Waals surface area contributed by atoms with Gasteiger partial charge in [0.05, 0.1) is 6.54 Å². The first kappa shape index (κ1) is 8.42. The van der Waals surface area contributed by atoms with Crippen molar-refractivity contribution in [1.29, 1.82) is 0 Å². The zero-order valence-electron chi connectivity index (χ0n) is 7.18. The van der Waals surface area contributed by atoms with Crippen molar-refractivity contribution in [1.82, 2.24) is 4.90 Å². The van der Waals surface area contributed by atoms with Gasteiger partial charge in [-0.25, -0.2) is 8.78 Å². The predicted octanol–water partition coefficient (Wildman–Crippen LogP) is 2.27. The number of nitrogens with zero attached hydrogens (tertiary/aromatic N) is 1. The molecule has 0 amide bonds. The molecule has 2 aliphatic heterocycles. The van der Waals surface area contributed by atoms with Gasteiger partial charge in [-0.2, -0.15) is 0 Å². The predicted molar refractivity (Wildman–Crippen MR) is 43.4 cm³/mol. The summed E-state index contributed by atoms with van der Waals surface area (Å²) < 4.78 is 24.3. The summed E-state index contributed by atoms with van der Waals surface area (Å²) in [6, 6.07) is 0.968. The average Bonchev–Trinajstić information content (AvgIpc) is 2.30. The van der Waals surface area contributed by atoms with Crippen LogP contribution in [0.4, 0.5) is 8.78 Å². The second-order valence-corrected chi connectivity index (χ2v) is 3.90. The Morgan fingerprint density at radius 2 is 1.67 bits per heavy atom. The molecule has 2 aliphatic rings. The number of hydrogen-bond donors (Lipinski definition) is 0. The van der Waals surface area contributed by atoms with Crippen LogP contribution in [0.15, 0.2) is 0 Å². The molecule has 70 valence electrons. The summed E-state index contributed by atoms with van der Waals surface area (Å²) in [4.78, 5) is 2.04. The first-order valence-electron chi connectivity index (χ1n) is 4.81. The summed E-state index contributed by atoms with van der Waals surface area (Å²) in [5.74, 6) is 0. The Morgan fingerprint density at radius 1 is 1.08 bits per heavy atom. The van der Waals surface area contributed by atoms with Crippen molar-refractivity contribution < 1.29 is 8.78 Å². The van der Waals surface area contributed by atoms with E-state index in [1.165, 1.54) is 6.42 Å². The van der Waals surface area contributed by atoms with Crippen LogP contribution in [0.5, 0.6) is 0 Å². The van der Waals surface area contributed by atoms with Crippen LogP contribution < -0.4 is 0 Å². The zero-order chi connectivity index (χ0) is 8.55. The minimum absolute atomic E-state index is 0.00926. The molecule has 0 radical (unpaired) electrons. The number of rotatable bonds is 2. The van der Waals surface area contributed by atoms with Crippen LogP contribution in [0.1, 0.15) is 32.1 Å². The minimum atomic E-state index is -2.15. The molecule has 2 atom stereocenters. The van der Waals surface area contributed by atoms with Crippen LogP contribution in [-0.4, -0.2) is 30.0 Å². The van der Waals surface area contributed by atoms with E-state index in [4.69, 9.17) is 0 Å². The molecule has 1 nitrogen and oxygen atoms in total. The van der Waals surface area contributed by atoms with E-state index < -0.39 is 6.43 Å². The maximum absolute atomic E-state index is 12.2. The van der Waals surface area contributed by atoms with Gasteiger partial charge >= 0.3 is 0 Å². The highest BCUT2D eigenvalue weighted by Gasteiger charge is 2.37. The SMILES string of the molecule is FC(F)CN1C2CCCC1CC2. The smallest absolute Gasteiger partial charge is 0.251 e. The highest BCUT2D eigenvalue weighted by Crippen LogP contribution is 2.35. The van der Waals surface area contributed by atoms with Crippen molar-refractivity contribution in [2.75, 3.05) is 6.54 Å². The van der Waals surface area contributed by atoms with E-state index in [1.54, 1.807) is 0 Å². The molecular formula is C9H15F2N. The van der Waals surface area contributed by atoms with Gasteiger partial charge in [0.2, 0.25) is 0 Å². The van der Waals surface area contributed by atoms with Gasteiger partial charge in [-0.1, -0.05) is 6.42 Å². The number of piperidine rings is 1. The maximum Gasteiger partial charge on any atom is 0.251 e. The Balaban J connectivity index is 1.96. The van der Waals surface area contributed by atoms with Crippen molar-refractivity contribution >= 4 is 0 Å². The third-order valence-electron chi connectivity index (χ3n) is 3.19. The molecule has 2 rings (SSSR count). The average molecular weight is 175 g/mol. The van der Waals surface area contributed by atoms with E-state index in [0.29, 0.717) is 12.1 Å². The van der Waals surface area contributed by atoms with Gasteiger partial charge in [0.1, 0.15) is 0 Å². The van der Waals surface area contributed by atoms with Crippen LogP contribution in [0, 0.1) is 0 Å². The van der Waals surface area contributed by atoms with Crippen molar-refractivity contribution in [2.45, 2.75) is 50.6 Å². The van der Waals surface area contributed by atoms with Crippen LogP contribution in [0.2, 0.25) is 0 Å². The molecule has 0 saturated carbocycles. The second-order valence-electron chi connectivity index (χ2n) is 3.90. The summed E-state index contributed by atoms with van der Waals surface area (Å²) in [6.45, 7) is 0.00926. The Kier molecular flexibility index (Phi) is 2.31. The number of alkyl halides is 2. The molecule has 0 aromatic rings. The molecule has 12 heavy (non-hydrogen) atoms. The van der Waals surface area contributed by atoms with Crippen molar-refractivity contribution in [3.05, 3.63) is 0 Å². The van der Waals surface area contributed by atoms with Gasteiger partial charge in [-0.3, -0.25) is 4.90 Å². The fourth-order valence-corrected chi connectivity index (χ4v) is 2.68. The first-order valence-corrected chi connectivity index (χ1v) is 4.81. The van der Waals surface area contributed by atoms with E-state index in [2.05, 4.69) is 0 Å². The van der Waals surface area contributed by atoms with Crippen molar-refractivity contribution in [2.24, 2.45) is 0 Å². The van der Waals surface area contributed by atoms with E-state index in [9.17, 15) is 8.78 Å². The van der Waals surface area contributed by atoms with E-state index >= 15 is 0 Å². The number of hydrogen-bond acceptors (Lipinski definition) is 1. The van der Waals surface area contributed by atoms with Crippen molar-refractivity contribution in [3.63, 3.8) is 0 Å². The lowest BCUT2D eigenvalue weighted by Crippen LogP contribution is -2.42. The lowest BCUT2D eigenvalue weighted by Gasteiger charge is -2.34. The fourth-order valence-electron chi connectivity index (χ4n) is 2.68. The lowest BCUT2D eigenvalue weighted by atomic mass is 10.0. The third-order valence-corrected chi connectivity index (χ3v) is 3.19. The maximum atomic E-state index is 12.2. The van der Waals surface area contributed by atoms with Gasteiger partial charge in [0, 0.05) is 12.1 Å². The molecule has 0 aliphatic carbocycles. The molecule has 0 spiro atoms. The molecule has 0 aromatic carbocycles. The van der Waals surface area contributed by atoms with Gasteiger partial charge in [0.25, 0.3) is 6.43 Å². The Bertz CT molecular complexity index is 145. The minimum Gasteiger partial charge on any atom is -0.292 e. The standard InChI is InChI=1S/C9H15F2N/c10-9(11)6-12-7-2-1-3-8(12)5-4-7/h7-9H,1-6H2. The second kappa shape index (κ2) is 3.29. The number of fused-ring (bicyclic) bond motifs is 2. The summed E-state index contributed by atoms with van der Waals surface area (Å²) in [6.07, 6.45) is 3.68. The van der Waals surface area contributed by atoms with Gasteiger partial charge in [-0.05, 0) is 25.7 Å². The first-order chi connectivity index (χ1) is 5.77. The molecule has 0 N–H and O–H groups in total. The Hall–Kier alpha value is -0.180. The molecule has 0 aromatic heterocycles. The highest BCUT2D eigenvalue weighted by atomic mass is 19.3. The fraction of sp³-hybridized carbons (Fsp3) is 1.00. The van der Waals surface area contributed by atoms with Crippen LogP contribution in [-0.2, 0) is 0 Å². The molecule has 2 fully saturated rings. The molecule has 3 heteroatoms. The van der Waals surface area contributed by atoms with E-state index in [0.717, 1.165) is 25.7 Å². The summed E-state index contributed by atoms with van der Waals surface area (Å²) in [5.41, 5.74) is 0. The van der Waals surface area contributed by atoms with Crippen LogP contribution >= 0.6 is 0 Å². The highest BCUT2D eigenvalue weighted by molar-refractivity contribution is 4.91. The molecule has 2 bridgehead atoms. The summed E-state index contributed by atoms with van der Waals surface area (Å²) in [5, 5.41) is 0. The number of halogens is 2.